The quantitative estimate of drug-likeness (QED) is 0.457. The van der Waals surface area contributed by atoms with Crippen LogP contribution in [0.5, 0.6) is 0 Å². The molecule has 2 aromatic heterocycles. The predicted molar refractivity (Wildman–Crippen MR) is 121 cm³/mol. The van der Waals surface area contributed by atoms with Crippen molar-refractivity contribution >= 4 is 21.2 Å². The van der Waals surface area contributed by atoms with E-state index in [9.17, 15) is 17.9 Å². The molecule has 160 valence electrons. The van der Waals surface area contributed by atoms with Gasteiger partial charge in [-0.15, -0.1) is 11.3 Å². The molecule has 0 bridgehead atoms. The largest absolute Gasteiger partial charge is 0.384 e. The third-order valence-corrected chi connectivity index (χ3v) is 7.09. The number of benzene rings is 2. The normalized spacial score (nSPS) is 12.3. The molecule has 0 aliphatic carbocycles. The summed E-state index contributed by atoms with van der Waals surface area (Å²) in [5, 5.41) is 14.9. The van der Waals surface area contributed by atoms with Crippen LogP contribution in [0.25, 0.3) is 26.7 Å². The highest BCUT2D eigenvalue weighted by Crippen LogP contribution is 2.37. The average molecular weight is 457 g/mol. The van der Waals surface area contributed by atoms with Crippen LogP contribution in [-0.4, -0.2) is 29.6 Å². The van der Waals surface area contributed by atoms with E-state index >= 15 is 0 Å². The van der Waals surface area contributed by atoms with E-state index in [4.69, 9.17) is 0 Å². The van der Waals surface area contributed by atoms with E-state index in [1.807, 2.05) is 18.2 Å². The van der Waals surface area contributed by atoms with Crippen molar-refractivity contribution < 1.29 is 17.9 Å². The Balaban J connectivity index is 1.84. The minimum absolute atomic E-state index is 0.251. The summed E-state index contributed by atoms with van der Waals surface area (Å²) >= 11 is 1.44. The van der Waals surface area contributed by atoms with E-state index in [1.54, 1.807) is 56.3 Å². The second kappa shape index (κ2) is 7.71. The first-order chi connectivity index (χ1) is 14.5. The second-order valence-corrected chi connectivity index (χ2v) is 10.9. The summed E-state index contributed by atoms with van der Waals surface area (Å²) < 4.78 is 39.8. The number of para-hydroxylation sites is 1. The Morgan fingerprint density at radius 3 is 2.39 bits per heavy atom. The fourth-order valence-electron chi connectivity index (χ4n) is 3.17. The first kappa shape index (κ1) is 21.4. The van der Waals surface area contributed by atoms with Gasteiger partial charge in [0.2, 0.25) is 0 Å². The van der Waals surface area contributed by atoms with Crippen LogP contribution in [0.4, 0.5) is 4.39 Å². The Kier molecular flexibility index (Phi) is 5.33. The van der Waals surface area contributed by atoms with Crippen LogP contribution in [0, 0.1) is 5.82 Å². The lowest BCUT2D eigenvalue weighted by atomic mass is 10.1. The van der Waals surface area contributed by atoms with E-state index in [0.717, 1.165) is 15.3 Å². The number of aliphatic hydroxyl groups is 1. The zero-order chi connectivity index (χ0) is 22.4. The Labute approximate surface area is 184 Å². The van der Waals surface area contributed by atoms with Gasteiger partial charge in [0.1, 0.15) is 17.1 Å². The van der Waals surface area contributed by atoms with Crippen molar-refractivity contribution in [1.82, 2.24) is 9.78 Å². The number of hydrogen-bond acceptors (Lipinski definition) is 5. The zero-order valence-electron chi connectivity index (χ0n) is 17.2. The maximum absolute atomic E-state index is 14.5. The smallest absolute Gasteiger partial charge is 0.175 e. The molecule has 0 fully saturated rings. The molecule has 0 spiro atoms. The third-order valence-electron chi connectivity index (χ3n) is 4.82. The van der Waals surface area contributed by atoms with Crippen molar-refractivity contribution in [1.29, 1.82) is 0 Å². The molecule has 0 amide bonds. The van der Waals surface area contributed by atoms with E-state index in [2.05, 4.69) is 5.10 Å². The highest BCUT2D eigenvalue weighted by molar-refractivity contribution is 7.90. The maximum Gasteiger partial charge on any atom is 0.175 e. The first-order valence-corrected chi connectivity index (χ1v) is 12.2. The van der Waals surface area contributed by atoms with Gasteiger partial charge in [-0.1, -0.05) is 24.3 Å². The number of halogens is 1. The minimum atomic E-state index is -3.32. The summed E-state index contributed by atoms with van der Waals surface area (Å²) in [6.45, 7) is 3.25. The fraction of sp³-hybridized carbons (Fsp3) is 0.174. The van der Waals surface area contributed by atoms with E-state index in [-0.39, 0.29) is 10.6 Å². The van der Waals surface area contributed by atoms with Gasteiger partial charge >= 0.3 is 0 Å². The highest BCUT2D eigenvalue weighted by Gasteiger charge is 2.24. The van der Waals surface area contributed by atoms with Crippen molar-refractivity contribution in [2.24, 2.45) is 0 Å². The summed E-state index contributed by atoms with van der Waals surface area (Å²) in [5.41, 5.74) is 0.910. The van der Waals surface area contributed by atoms with Gasteiger partial charge in [-0.3, -0.25) is 0 Å². The molecule has 4 aromatic rings. The molecule has 2 heterocycles. The van der Waals surface area contributed by atoms with Crippen LogP contribution < -0.4 is 0 Å². The van der Waals surface area contributed by atoms with E-state index in [1.165, 1.54) is 28.3 Å². The lowest BCUT2D eigenvalue weighted by Crippen LogP contribution is -2.16. The summed E-state index contributed by atoms with van der Waals surface area (Å²) in [4.78, 5) is 1.93. The number of hydrogen-bond donors (Lipinski definition) is 1. The van der Waals surface area contributed by atoms with Gasteiger partial charge in [-0.05, 0) is 61.9 Å². The topological polar surface area (TPSA) is 72.2 Å². The van der Waals surface area contributed by atoms with Crippen LogP contribution >= 0.6 is 11.3 Å². The Hall–Kier alpha value is -2.81. The molecule has 31 heavy (non-hydrogen) atoms. The van der Waals surface area contributed by atoms with Crippen LogP contribution in [0.1, 0.15) is 19.5 Å². The van der Waals surface area contributed by atoms with Crippen LogP contribution in [0.3, 0.4) is 0 Å². The average Bonchev–Trinajstić information content (AvgIpc) is 3.35. The summed E-state index contributed by atoms with van der Waals surface area (Å²) in [6, 6.07) is 18.6. The monoisotopic (exact) mass is 456 g/mol. The molecule has 0 atom stereocenters. The van der Waals surface area contributed by atoms with Gasteiger partial charge in [0, 0.05) is 11.1 Å². The summed E-state index contributed by atoms with van der Waals surface area (Å²) in [6.07, 6.45) is 1.18. The summed E-state index contributed by atoms with van der Waals surface area (Å²) in [5.74, 6) is -0.424. The van der Waals surface area contributed by atoms with Gasteiger partial charge in [0.25, 0.3) is 0 Å². The Bertz CT molecular complexity index is 1370. The molecule has 2 aromatic carbocycles. The molecule has 0 saturated carbocycles. The molecule has 0 aliphatic heterocycles. The van der Waals surface area contributed by atoms with Gasteiger partial charge in [0.05, 0.1) is 21.2 Å². The molecular weight excluding hydrogens is 435 g/mol. The van der Waals surface area contributed by atoms with Crippen molar-refractivity contribution in [3.63, 3.8) is 0 Å². The number of rotatable bonds is 5. The SMILES string of the molecule is CC(C)(O)c1cc(-c2ccc(-c3cccc(S(C)(=O)=O)c3)s2)n(-c2ccccc2F)n1. The van der Waals surface area contributed by atoms with Crippen molar-refractivity contribution in [3.8, 4) is 26.7 Å². The number of sulfone groups is 1. The molecule has 5 nitrogen and oxygen atoms in total. The molecule has 8 heteroatoms. The number of aromatic nitrogens is 2. The molecule has 1 N–H and O–H groups in total. The van der Waals surface area contributed by atoms with Gasteiger partial charge in [-0.2, -0.15) is 5.10 Å². The van der Waals surface area contributed by atoms with E-state index in [0.29, 0.717) is 11.4 Å². The number of thiophene rings is 1. The second-order valence-electron chi connectivity index (χ2n) is 7.80. The Morgan fingerprint density at radius 2 is 1.71 bits per heavy atom. The number of nitrogens with zero attached hydrogens (tertiary/aromatic N) is 2. The molecule has 0 saturated heterocycles. The molecule has 4 rings (SSSR count). The lowest BCUT2D eigenvalue weighted by Gasteiger charge is -2.13. The third kappa shape index (κ3) is 4.32. The lowest BCUT2D eigenvalue weighted by molar-refractivity contribution is 0.0734. The zero-order valence-corrected chi connectivity index (χ0v) is 18.8. The molecule has 0 unspecified atom stereocenters. The Morgan fingerprint density at radius 1 is 1.00 bits per heavy atom. The fourth-order valence-corrected chi connectivity index (χ4v) is 4.84. The van der Waals surface area contributed by atoms with Gasteiger partial charge in [0.15, 0.2) is 9.84 Å². The van der Waals surface area contributed by atoms with Crippen LogP contribution in [0.15, 0.2) is 71.6 Å². The van der Waals surface area contributed by atoms with Gasteiger partial charge < -0.3 is 5.11 Å². The van der Waals surface area contributed by atoms with Crippen molar-refractivity contribution in [2.75, 3.05) is 6.26 Å². The molecular formula is C23H21FN2O3S2. The first-order valence-electron chi connectivity index (χ1n) is 9.52. The molecule has 0 radical (unpaired) electrons. The van der Waals surface area contributed by atoms with Gasteiger partial charge in [-0.25, -0.2) is 17.5 Å². The van der Waals surface area contributed by atoms with Crippen LogP contribution in [-0.2, 0) is 15.4 Å². The highest BCUT2D eigenvalue weighted by atomic mass is 32.2. The summed E-state index contributed by atoms with van der Waals surface area (Å²) in [7, 11) is -3.32. The minimum Gasteiger partial charge on any atom is -0.384 e. The van der Waals surface area contributed by atoms with Crippen molar-refractivity contribution in [2.45, 2.75) is 24.3 Å². The maximum atomic E-state index is 14.5. The molecule has 0 aliphatic rings. The predicted octanol–water partition coefficient (Wildman–Crippen LogP) is 5.04. The standard InChI is InChI=1S/C23H21FN2O3S2/c1-23(2,27)22-14-19(26(25-22)18-10-5-4-9-17(18)24)21-12-11-20(30-21)15-7-6-8-16(13-15)31(3,28)29/h4-14,27H,1-3H3. The van der Waals surface area contributed by atoms with Crippen molar-refractivity contribution in [3.05, 3.63) is 78.2 Å². The van der Waals surface area contributed by atoms with Crippen LogP contribution in [0.2, 0.25) is 0 Å². The van der Waals surface area contributed by atoms with E-state index < -0.39 is 21.3 Å².